The average Bonchev–Trinajstić information content (AvgIpc) is 3.56. The van der Waals surface area contributed by atoms with Gasteiger partial charge in [-0.2, -0.15) is 0 Å². The quantitative estimate of drug-likeness (QED) is 0.616. The van der Waals surface area contributed by atoms with E-state index in [-0.39, 0.29) is 23.3 Å². The number of anilines is 2. The summed E-state index contributed by atoms with van der Waals surface area (Å²) in [6.07, 6.45) is 2.08. The highest BCUT2D eigenvalue weighted by atomic mass is 32.2. The minimum Gasteiger partial charge on any atom is -0.449 e. The molecule has 0 saturated heterocycles. The third-order valence-corrected chi connectivity index (χ3v) is 6.39. The monoisotopic (exact) mass is 445 g/mol. The van der Waals surface area contributed by atoms with Crippen LogP contribution in [0.4, 0.5) is 16.2 Å². The first-order valence-corrected chi connectivity index (χ1v) is 11.7. The Kier molecular flexibility index (Phi) is 7.29. The molecular formula is C22H27N3O5S. The molecule has 166 valence electrons. The van der Waals surface area contributed by atoms with Crippen molar-refractivity contribution in [2.75, 3.05) is 23.9 Å². The maximum Gasteiger partial charge on any atom is 0.413 e. The van der Waals surface area contributed by atoms with E-state index in [1.54, 1.807) is 62.5 Å². The van der Waals surface area contributed by atoms with Gasteiger partial charge in [-0.25, -0.2) is 17.9 Å². The molecule has 0 aromatic heterocycles. The van der Waals surface area contributed by atoms with Gasteiger partial charge in [0.15, 0.2) is 0 Å². The molecule has 1 fully saturated rings. The minimum atomic E-state index is -3.47. The predicted octanol–water partition coefficient (Wildman–Crippen LogP) is 3.29. The van der Waals surface area contributed by atoms with Gasteiger partial charge in [-0.1, -0.05) is 12.1 Å². The number of hydrogen-bond donors (Lipinski definition) is 2. The van der Waals surface area contributed by atoms with Crippen LogP contribution in [-0.2, 0) is 26.0 Å². The molecule has 0 aliphatic heterocycles. The highest BCUT2D eigenvalue weighted by Crippen LogP contribution is 2.22. The van der Waals surface area contributed by atoms with Gasteiger partial charge in [0.05, 0.1) is 11.5 Å². The van der Waals surface area contributed by atoms with Gasteiger partial charge in [0.25, 0.3) is 0 Å². The van der Waals surface area contributed by atoms with Gasteiger partial charge >= 0.3 is 6.09 Å². The van der Waals surface area contributed by atoms with Crippen LogP contribution in [0.3, 0.4) is 0 Å². The van der Waals surface area contributed by atoms with Crippen LogP contribution in [0, 0.1) is 0 Å². The fourth-order valence-corrected chi connectivity index (χ4v) is 4.20. The molecular weight excluding hydrogens is 418 g/mol. The van der Waals surface area contributed by atoms with E-state index >= 15 is 0 Å². The fraction of sp³-hybridized carbons (Fsp3) is 0.364. The van der Waals surface area contributed by atoms with Crippen LogP contribution in [0.15, 0.2) is 53.4 Å². The second kappa shape index (κ2) is 9.93. The Labute approximate surface area is 182 Å². The third kappa shape index (κ3) is 6.53. The number of rotatable bonds is 9. The van der Waals surface area contributed by atoms with E-state index < -0.39 is 16.1 Å². The Morgan fingerprint density at radius 2 is 1.71 bits per heavy atom. The number of benzene rings is 2. The summed E-state index contributed by atoms with van der Waals surface area (Å²) in [5.74, 6) is -0.154. The Morgan fingerprint density at radius 3 is 2.29 bits per heavy atom. The van der Waals surface area contributed by atoms with Crippen LogP contribution in [0.5, 0.6) is 0 Å². The van der Waals surface area contributed by atoms with E-state index in [0.29, 0.717) is 24.4 Å². The van der Waals surface area contributed by atoms with Crippen molar-refractivity contribution < 1.29 is 22.7 Å². The van der Waals surface area contributed by atoms with Crippen molar-refractivity contribution in [1.82, 2.24) is 4.72 Å². The van der Waals surface area contributed by atoms with Gasteiger partial charge in [0, 0.05) is 30.9 Å². The van der Waals surface area contributed by atoms with Gasteiger partial charge < -0.3 is 10.1 Å². The summed E-state index contributed by atoms with van der Waals surface area (Å²) in [6, 6.07) is 13.5. The second-order valence-corrected chi connectivity index (χ2v) is 9.11. The van der Waals surface area contributed by atoms with Crippen molar-refractivity contribution in [3.05, 3.63) is 54.1 Å². The first-order chi connectivity index (χ1) is 14.8. The number of nitrogens with one attached hydrogen (secondary N) is 2. The number of sulfonamides is 1. The van der Waals surface area contributed by atoms with E-state index in [4.69, 9.17) is 4.74 Å². The molecule has 0 heterocycles. The largest absolute Gasteiger partial charge is 0.449 e. The Hall–Kier alpha value is -2.91. The summed E-state index contributed by atoms with van der Waals surface area (Å²) >= 11 is 0. The maximum absolute atomic E-state index is 12.3. The number of carbonyl (C=O) groups is 2. The zero-order valence-electron chi connectivity index (χ0n) is 17.6. The standard InChI is InChI=1S/C22H27N3O5S/c1-3-30-22(27)25(2)19-11-9-17(10-12-19)23-21(26)15-6-16-4-13-20(14-5-16)31(28,29)24-18-7-8-18/h4-5,9-14,18,24H,3,6-8,15H2,1-2H3,(H,23,26). The second-order valence-electron chi connectivity index (χ2n) is 7.39. The molecule has 1 aliphatic carbocycles. The Bertz CT molecular complexity index is 1020. The van der Waals surface area contributed by atoms with E-state index in [1.165, 1.54) is 4.90 Å². The van der Waals surface area contributed by atoms with E-state index in [2.05, 4.69) is 10.0 Å². The zero-order chi connectivity index (χ0) is 22.4. The summed E-state index contributed by atoms with van der Waals surface area (Å²) < 4.78 is 32.0. The molecule has 0 bridgehead atoms. The lowest BCUT2D eigenvalue weighted by Crippen LogP contribution is -2.26. The highest BCUT2D eigenvalue weighted by molar-refractivity contribution is 7.89. The van der Waals surface area contributed by atoms with Crippen LogP contribution < -0.4 is 14.9 Å². The first-order valence-electron chi connectivity index (χ1n) is 10.2. The molecule has 1 aliphatic rings. The van der Waals surface area contributed by atoms with Crippen molar-refractivity contribution in [2.24, 2.45) is 0 Å². The van der Waals surface area contributed by atoms with Crippen molar-refractivity contribution in [1.29, 1.82) is 0 Å². The summed E-state index contributed by atoms with van der Waals surface area (Å²) in [5, 5.41) is 2.82. The summed E-state index contributed by atoms with van der Waals surface area (Å²) in [7, 11) is -1.85. The molecule has 9 heteroatoms. The molecule has 0 atom stereocenters. The number of nitrogens with zero attached hydrogens (tertiary/aromatic N) is 1. The molecule has 8 nitrogen and oxygen atoms in total. The van der Waals surface area contributed by atoms with Gasteiger partial charge in [-0.15, -0.1) is 0 Å². The molecule has 0 radical (unpaired) electrons. The van der Waals surface area contributed by atoms with Crippen molar-refractivity contribution in [3.63, 3.8) is 0 Å². The number of ether oxygens (including phenoxy) is 1. The summed E-state index contributed by atoms with van der Waals surface area (Å²) in [4.78, 5) is 25.6. The molecule has 2 amide bonds. The summed E-state index contributed by atoms with van der Waals surface area (Å²) in [6.45, 7) is 2.04. The lowest BCUT2D eigenvalue weighted by atomic mass is 10.1. The number of amides is 2. The van der Waals surface area contributed by atoms with Gasteiger partial charge in [-0.3, -0.25) is 9.69 Å². The summed E-state index contributed by atoms with van der Waals surface area (Å²) in [5.41, 5.74) is 2.16. The fourth-order valence-electron chi connectivity index (χ4n) is 2.90. The number of hydrogen-bond acceptors (Lipinski definition) is 5. The molecule has 1 saturated carbocycles. The van der Waals surface area contributed by atoms with E-state index in [1.807, 2.05) is 0 Å². The SMILES string of the molecule is CCOC(=O)N(C)c1ccc(NC(=O)CCc2ccc(S(=O)(=O)NC3CC3)cc2)cc1. The van der Waals surface area contributed by atoms with E-state index in [0.717, 1.165) is 18.4 Å². The number of aryl methyl sites for hydroxylation is 1. The van der Waals surface area contributed by atoms with Gasteiger partial charge in [0.2, 0.25) is 15.9 Å². The molecule has 31 heavy (non-hydrogen) atoms. The predicted molar refractivity (Wildman–Crippen MR) is 119 cm³/mol. The minimum absolute atomic E-state index is 0.0630. The van der Waals surface area contributed by atoms with Crippen LogP contribution in [0.1, 0.15) is 31.7 Å². The van der Waals surface area contributed by atoms with Crippen LogP contribution in [0.2, 0.25) is 0 Å². The number of carbonyl (C=O) groups excluding carboxylic acids is 2. The Morgan fingerprint density at radius 1 is 1.06 bits per heavy atom. The normalized spacial score (nSPS) is 13.5. The molecule has 0 unspecified atom stereocenters. The van der Waals surface area contributed by atoms with Crippen LogP contribution >= 0.6 is 0 Å². The molecule has 2 aromatic carbocycles. The Balaban J connectivity index is 1.49. The topological polar surface area (TPSA) is 105 Å². The molecule has 2 aromatic rings. The van der Waals surface area contributed by atoms with Crippen molar-refractivity contribution in [3.8, 4) is 0 Å². The van der Waals surface area contributed by atoms with Crippen LogP contribution in [0.25, 0.3) is 0 Å². The first kappa shape index (κ1) is 22.8. The van der Waals surface area contributed by atoms with E-state index in [9.17, 15) is 18.0 Å². The lowest BCUT2D eigenvalue weighted by molar-refractivity contribution is -0.116. The van der Waals surface area contributed by atoms with Crippen LogP contribution in [-0.4, -0.2) is 40.1 Å². The molecule has 0 spiro atoms. The maximum atomic E-state index is 12.3. The van der Waals surface area contributed by atoms with Gasteiger partial charge in [0.1, 0.15) is 0 Å². The van der Waals surface area contributed by atoms with Gasteiger partial charge in [-0.05, 0) is 68.1 Å². The van der Waals surface area contributed by atoms with Crippen molar-refractivity contribution >= 4 is 33.4 Å². The molecule has 2 N–H and O–H groups in total. The lowest BCUT2D eigenvalue weighted by Gasteiger charge is -2.17. The smallest absolute Gasteiger partial charge is 0.413 e. The average molecular weight is 446 g/mol. The van der Waals surface area contributed by atoms with Crippen molar-refractivity contribution in [2.45, 2.75) is 43.5 Å². The zero-order valence-corrected chi connectivity index (χ0v) is 18.4. The highest BCUT2D eigenvalue weighted by Gasteiger charge is 2.27. The molecule has 3 rings (SSSR count). The third-order valence-electron chi connectivity index (χ3n) is 4.85.